The van der Waals surface area contributed by atoms with Crippen LogP contribution in [0.15, 0.2) is 52.1 Å². The molecule has 0 spiro atoms. The van der Waals surface area contributed by atoms with Gasteiger partial charge >= 0.3 is 0 Å². The van der Waals surface area contributed by atoms with Crippen LogP contribution in [-0.2, 0) is 0 Å². The molecule has 0 radical (unpaired) electrons. The molecule has 27 heavy (non-hydrogen) atoms. The third kappa shape index (κ3) is 3.42. The van der Waals surface area contributed by atoms with Crippen LogP contribution in [0.25, 0.3) is 11.6 Å². The number of benzene rings is 1. The Hall–Kier alpha value is -2.80. The number of nitrogens with zero attached hydrogens (tertiary/aromatic N) is 2. The quantitative estimate of drug-likeness (QED) is 0.543. The second kappa shape index (κ2) is 7.44. The molecule has 4 rings (SSSR count). The minimum Gasteiger partial charge on any atom is -0.493 e. The SMILES string of the molecule is CSc1nc(-c2ccco2)nc(C)c1C(=O)N[C@@H]1CCOc2ccccc21. The number of carbonyl (C=O) groups is 1. The van der Waals surface area contributed by atoms with Crippen LogP contribution in [0.2, 0.25) is 0 Å². The molecule has 0 bridgehead atoms. The van der Waals surface area contributed by atoms with Crippen molar-refractivity contribution in [3.63, 3.8) is 0 Å². The van der Waals surface area contributed by atoms with Crippen LogP contribution in [0.1, 0.15) is 34.1 Å². The van der Waals surface area contributed by atoms with Gasteiger partial charge in [-0.3, -0.25) is 4.79 Å². The predicted octanol–water partition coefficient (Wildman–Crippen LogP) is 4.02. The average Bonchev–Trinajstić information content (AvgIpc) is 3.22. The van der Waals surface area contributed by atoms with Gasteiger partial charge in [0.2, 0.25) is 0 Å². The second-order valence-electron chi connectivity index (χ2n) is 6.20. The van der Waals surface area contributed by atoms with Crippen LogP contribution < -0.4 is 10.1 Å². The van der Waals surface area contributed by atoms with Crippen molar-refractivity contribution in [2.75, 3.05) is 12.9 Å². The van der Waals surface area contributed by atoms with Crippen molar-refractivity contribution in [1.29, 1.82) is 0 Å². The van der Waals surface area contributed by atoms with Gasteiger partial charge in [-0.05, 0) is 31.4 Å². The monoisotopic (exact) mass is 381 g/mol. The Bertz CT molecular complexity index is 973. The van der Waals surface area contributed by atoms with E-state index in [0.29, 0.717) is 34.5 Å². The molecule has 0 saturated heterocycles. The molecule has 0 fully saturated rings. The third-order valence-corrected chi connectivity index (χ3v) is 5.16. The highest BCUT2D eigenvalue weighted by molar-refractivity contribution is 7.98. The van der Waals surface area contributed by atoms with Gasteiger partial charge in [-0.15, -0.1) is 11.8 Å². The lowest BCUT2D eigenvalue weighted by Crippen LogP contribution is -2.33. The zero-order chi connectivity index (χ0) is 18.8. The Morgan fingerprint density at radius 2 is 2.07 bits per heavy atom. The number of thioether (sulfide) groups is 1. The maximum absolute atomic E-state index is 13.1. The van der Waals surface area contributed by atoms with E-state index in [1.54, 1.807) is 18.4 Å². The number of fused-ring (bicyclic) bond motifs is 1. The first kappa shape index (κ1) is 17.6. The van der Waals surface area contributed by atoms with E-state index in [1.807, 2.05) is 37.4 Å². The van der Waals surface area contributed by atoms with E-state index < -0.39 is 0 Å². The van der Waals surface area contributed by atoms with Gasteiger partial charge in [-0.2, -0.15) is 0 Å². The highest BCUT2D eigenvalue weighted by Crippen LogP contribution is 2.32. The summed E-state index contributed by atoms with van der Waals surface area (Å²) in [5, 5.41) is 3.76. The number of para-hydroxylation sites is 1. The second-order valence-corrected chi connectivity index (χ2v) is 6.99. The van der Waals surface area contributed by atoms with Gasteiger partial charge in [0, 0.05) is 12.0 Å². The highest BCUT2D eigenvalue weighted by Gasteiger charge is 2.26. The fraction of sp³-hybridized carbons (Fsp3) is 0.250. The third-order valence-electron chi connectivity index (χ3n) is 4.48. The van der Waals surface area contributed by atoms with Gasteiger partial charge in [-0.25, -0.2) is 9.97 Å². The van der Waals surface area contributed by atoms with Crippen molar-refractivity contribution in [3.05, 3.63) is 59.5 Å². The molecule has 1 aliphatic heterocycles. The fourth-order valence-electron chi connectivity index (χ4n) is 3.19. The van der Waals surface area contributed by atoms with Crippen LogP contribution in [0, 0.1) is 6.92 Å². The normalized spacial score (nSPS) is 15.7. The van der Waals surface area contributed by atoms with E-state index in [2.05, 4.69) is 15.3 Å². The Kier molecular flexibility index (Phi) is 4.85. The molecule has 1 aromatic carbocycles. The van der Waals surface area contributed by atoms with Crippen LogP contribution >= 0.6 is 11.8 Å². The van der Waals surface area contributed by atoms with Crippen molar-refractivity contribution in [1.82, 2.24) is 15.3 Å². The van der Waals surface area contributed by atoms with Crippen molar-refractivity contribution >= 4 is 17.7 Å². The van der Waals surface area contributed by atoms with E-state index >= 15 is 0 Å². The number of rotatable bonds is 4. The summed E-state index contributed by atoms with van der Waals surface area (Å²) in [4.78, 5) is 22.1. The lowest BCUT2D eigenvalue weighted by atomic mass is 10.00. The lowest BCUT2D eigenvalue weighted by molar-refractivity contribution is 0.0920. The number of aryl methyl sites for hydroxylation is 1. The summed E-state index contributed by atoms with van der Waals surface area (Å²) >= 11 is 1.42. The maximum Gasteiger partial charge on any atom is 0.256 e. The highest BCUT2D eigenvalue weighted by atomic mass is 32.2. The summed E-state index contributed by atoms with van der Waals surface area (Å²) < 4.78 is 11.1. The molecular weight excluding hydrogens is 362 g/mol. The standard InChI is InChI=1S/C20H19N3O3S/c1-12-17(20(27-2)23-18(21-12)16-8-5-10-25-16)19(24)22-14-9-11-26-15-7-4-3-6-13(14)15/h3-8,10,14H,9,11H2,1-2H3,(H,22,24)/t14-/m1/s1. The molecule has 0 aliphatic carbocycles. The van der Waals surface area contributed by atoms with E-state index in [4.69, 9.17) is 9.15 Å². The van der Waals surface area contributed by atoms with Gasteiger partial charge in [-0.1, -0.05) is 18.2 Å². The Balaban J connectivity index is 1.65. The first-order valence-electron chi connectivity index (χ1n) is 8.66. The molecular formula is C20H19N3O3S. The van der Waals surface area contributed by atoms with E-state index in [9.17, 15) is 4.79 Å². The minimum atomic E-state index is -0.176. The molecule has 2 aromatic heterocycles. The zero-order valence-electron chi connectivity index (χ0n) is 15.1. The van der Waals surface area contributed by atoms with Crippen molar-refractivity contribution < 1.29 is 13.9 Å². The molecule has 6 nitrogen and oxygen atoms in total. The first-order chi connectivity index (χ1) is 13.2. The van der Waals surface area contributed by atoms with Crippen LogP contribution in [0.3, 0.4) is 0 Å². The van der Waals surface area contributed by atoms with E-state index in [0.717, 1.165) is 17.7 Å². The number of hydrogen-bond acceptors (Lipinski definition) is 6. The maximum atomic E-state index is 13.1. The number of furan rings is 1. The summed E-state index contributed by atoms with van der Waals surface area (Å²) in [7, 11) is 0. The molecule has 1 atom stereocenters. The molecule has 0 saturated carbocycles. The lowest BCUT2D eigenvalue weighted by Gasteiger charge is -2.27. The summed E-state index contributed by atoms with van der Waals surface area (Å²) in [5.74, 6) is 1.71. The summed E-state index contributed by atoms with van der Waals surface area (Å²) in [6.07, 6.45) is 4.20. The van der Waals surface area contributed by atoms with Gasteiger partial charge < -0.3 is 14.5 Å². The molecule has 1 N–H and O–H groups in total. The van der Waals surface area contributed by atoms with Crippen molar-refractivity contribution in [2.45, 2.75) is 24.4 Å². The number of amides is 1. The number of nitrogens with one attached hydrogen (secondary N) is 1. The van der Waals surface area contributed by atoms with Crippen molar-refractivity contribution in [2.24, 2.45) is 0 Å². The molecule has 7 heteroatoms. The number of carbonyl (C=O) groups excluding carboxylic acids is 1. The van der Waals surface area contributed by atoms with E-state index in [-0.39, 0.29) is 11.9 Å². The fourth-order valence-corrected chi connectivity index (χ4v) is 3.82. The first-order valence-corrected chi connectivity index (χ1v) is 9.89. The Labute approximate surface area is 161 Å². The van der Waals surface area contributed by atoms with Gasteiger partial charge in [0.1, 0.15) is 10.8 Å². The van der Waals surface area contributed by atoms with Crippen LogP contribution in [0.5, 0.6) is 5.75 Å². The predicted molar refractivity (Wildman–Crippen MR) is 103 cm³/mol. The summed E-state index contributed by atoms with van der Waals surface area (Å²) in [6, 6.07) is 11.3. The van der Waals surface area contributed by atoms with Crippen LogP contribution in [-0.4, -0.2) is 28.7 Å². The smallest absolute Gasteiger partial charge is 0.256 e. The minimum absolute atomic E-state index is 0.0960. The number of ether oxygens (including phenoxy) is 1. The molecule has 138 valence electrons. The average molecular weight is 381 g/mol. The molecule has 0 unspecified atom stereocenters. The zero-order valence-corrected chi connectivity index (χ0v) is 15.9. The Morgan fingerprint density at radius 3 is 2.85 bits per heavy atom. The molecule has 3 heterocycles. The number of aromatic nitrogens is 2. The molecule has 1 amide bonds. The van der Waals surface area contributed by atoms with Gasteiger partial charge in [0.25, 0.3) is 5.91 Å². The molecule has 3 aromatic rings. The van der Waals surface area contributed by atoms with Crippen LogP contribution in [0.4, 0.5) is 0 Å². The summed E-state index contributed by atoms with van der Waals surface area (Å²) in [5.41, 5.74) is 2.12. The van der Waals surface area contributed by atoms with Gasteiger partial charge in [0.05, 0.1) is 30.2 Å². The number of hydrogen-bond donors (Lipinski definition) is 1. The Morgan fingerprint density at radius 1 is 1.22 bits per heavy atom. The van der Waals surface area contributed by atoms with Gasteiger partial charge in [0.15, 0.2) is 11.6 Å². The summed E-state index contributed by atoms with van der Waals surface area (Å²) in [6.45, 7) is 2.39. The molecule has 1 aliphatic rings. The topological polar surface area (TPSA) is 77.2 Å². The van der Waals surface area contributed by atoms with E-state index in [1.165, 1.54) is 11.8 Å². The van der Waals surface area contributed by atoms with Crippen molar-refractivity contribution in [3.8, 4) is 17.3 Å². The largest absolute Gasteiger partial charge is 0.493 e.